The van der Waals surface area contributed by atoms with Crippen molar-refractivity contribution in [3.63, 3.8) is 0 Å². The number of hydrogen-bond acceptors (Lipinski definition) is 3. The van der Waals surface area contributed by atoms with Crippen molar-refractivity contribution in [3.05, 3.63) is 0 Å². The van der Waals surface area contributed by atoms with E-state index in [9.17, 15) is 4.79 Å². The Bertz CT molecular complexity index is 139. The van der Waals surface area contributed by atoms with E-state index in [2.05, 4.69) is 0 Å². The van der Waals surface area contributed by atoms with E-state index >= 15 is 0 Å². The van der Waals surface area contributed by atoms with Gasteiger partial charge in [0.05, 0.1) is 0 Å². The average Bonchev–Trinajstić information content (AvgIpc) is 1.95. The number of carbonyl (C=O) groups is 1. The number of aliphatic hydroxyl groups is 1. The molecule has 0 aromatic rings. The van der Waals surface area contributed by atoms with Gasteiger partial charge in [0.25, 0.3) is 0 Å². The van der Waals surface area contributed by atoms with Crippen molar-refractivity contribution in [2.75, 3.05) is 27.2 Å². The van der Waals surface area contributed by atoms with Gasteiger partial charge in [0.15, 0.2) is 0 Å². The van der Waals surface area contributed by atoms with Crippen LogP contribution in [0.3, 0.4) is 0 Å². The van der Waals surface area contributed by atoms with Gasteiger partial charge in [0, 0.05) is 7.05 Å². The van der Waals surface area contributed by atoms with Gasteiger partial charge in [-0.2, -0.15) is 0 Å². The van der Waals surface area contributed by atoms with Gasteiger partial charge in [-0.1, -0.05) is 0 Å². The van der Waals surface area contributed by atoms with Crippen LogP contribution in [0.5, 0.6) is 0 Å². The molecule has 5 nitrogen and oxygen atoms in total. The highest BCUT2D eigenvalue weighted by molar-refractivity contribution is 5.74. The van der Waals surface area contributed by atoms with Crippen molar-refractivity contribution in [2.45, 2.75) is 0 Å². The summed E-state index contributed by atoms with van der Waals surface area (Å²) in [6, 6.07) is -0.200. The average molecular weight is 146 g/mol. The third-order valence-electron chi connectivity index (χ3n) is 1.30. The van der Waals surface area contributed by atoms with Crippen LogP contribution in [0.25, 0.3) is 0 Å². The SMILES string of the molecule is CN1COCN(CO)C1=O. The van der Waals surface area contributed by atoms with Gasteiger partial charge < -0.3 is 14.7 Å². The molecule has 0 unspecified atom stereocenters. The lowest BCUT2D eigenvalue weighted by atomic mass is 10.6. The first kappa shape index (κ1) is 7.30. The normalized spacial score (nSPS) is 20.0. The summed E-state index contributed by atoms with van der Waals surface area (Å²) in [5.41, 5.74) is 0. The van der Waals surface area contributed by atoms with Crippen molar-refractivity contribution < 1.29 is 14.6 Å². The van der Waals surface area contributed by atoms with Crippen LogP contribution >= 0.6 is 0 Å². The zero-order valence-electron chi connectivity index (χ0n) is 5.78. The number of ether oxygens (including phenoxy) is 1. The predicted molar refractivity (Wildman–Crippen MR) is 32.9 cm³/mol. The Labute approximate surface area is 58.8 Å². The summed E-state index contributed by atoms with van der Waals surface area (Å²) in [6.45, 7) is 0.193. The lowest BCUT2D eigenvalue weighted by molar-refractivity contribution is -0.0667. The minimum absolute atomic E-state index is 0.180. The van der Waals surface area contributed by atoms with Gasteiger partial charge in [0.1, 0.15) is 20.2 Å². The number of aliphatic hydroxyl groups excluding tert-OH is 1. The van der Waals surface area contributed by atoms with E-state index in [0.29, 0.717) is 6.73 Å². The molecule has 0 aromatic heterocycles. The summed E-state index contributed by atoms with van der Waals surface area (Å²) in [4.78, 5) is 13.6. The van der Waals surface area contributed by atoms with E-state index in [0.717, 1.165) is 0 Å². The zero-order valence-corrected chi connectivity index (χ0v) is 5.78. The molecule has 1 fully saturated rings. The first-order chi connectivity index (χ1) is 4.75. The topological polar surface area (TPSA) is 53.0 Å². The van der Waals surface area contributed by atoms with Crippen molar-refractivity contribution in [2.24, 2.45) is 0 Å². The first-order valence-electron chi connectivity index (χ1n) is 2.94. The second kappa shape index (κ2) is 2.85. The molecule has 0 saturated carbocycles. The first-order valence-corrected chi connectivity index (χ1v) is 2.94. The van der Waals surface area contributed by atoms with Crippen LogP contribution in [0.4, 0.5) is 4.79 Å². The maximum absolute atomic E-state index is 11.0. The Hall–Kier alpha value is -0.810. The highest BCUT2D eigenvalue weighted by Crippen LogP contribution is 2.02. The van der Waals surface area contributed by atoms with Crippen LogP contribution in [0.15, 0.2) is 0 Å². The van der Waals surface area contributed by atoms with Gasteiger partial charge in [-0.25, -0.2) is 4.79 Å². The molecule has 2 amide bonds. The van der Waals surface area contributed by atoms with Crippen LogP contribution in [0.2, 0.25) is 0 Å². The molecule has 0 bridgehead atoms. The molecule has 5 heteroatoms. The van der Waals surface area contributed by atoms with Crippen molar-refractivity contribution in [3.8, 4) is 0 Å². The number of carbonyl (C=O) groups excluding carboxylic acids is 1. The zero-order chi connectivity index (χ0) is 7.56. The van der Waals surface area contributed by atoms with E-state index < -0.39 is 0 Å². The highest BCUT2D eigenvalue weighted by Gasteiger charge is 2.21. The monoisotopic (exact) mass is 146 g/mol. The summed E-state index contributed by atoms with van der Waals surface area (Å²) in [5.74, 6) is 0. The maximum Gasteiger partial charge on any atom is 0.325 e. The summed E-state index contributed by atoms with van der Waals surface area (Å²) >= 11 is 0. The van der Waals surface area contributed by atoms with E-state index in [4.69, 9.17) is 9.84 Å². The molecule has 1 N–H and O–H groups in total. The Kier molecular flexibility index (Phi) is 2.08. The van der Waals surface area contributed by atoms with E-state index in [1.807, 2.05) is 0 Å². The third-order valence-corrected chi connectivity index (χ3v) is 1.30. The van der Waals surface area contributed by atoms with Gasteiger partial charge in [-0.3, -0.25) is 4.90 Å². The summed E-state index contributed by atoms with van der Waals surface area (Å²) < 4.78 is 4.93. The number of amides is 2. The summed E-state index contributed by atoms with van der Waals surface area (Å²) in [6.07, 6.45) is 0. The molecule has 58 valence electrons. The van der Waals surface area contributed by atoms with Gasteiger partial charge >= 0.3 is 6.03 Å². The van der Waals surface area contributed by atoms with Crippen LogP contribution in [0.1, 0.15) is 0 Å². The standard InChI is InChI=1S/C5H10N2O3/c1-6-3-10-4-7(2-8)5(6)9/h8H,2-4H2,1H3. The quantitative estimate of drug-likeness (QED) is 0.528. The van der Waals surface area contributed by atoms with Crippen LogP contribution < -0.4 is 0 Å². The summed E-state index contributed by atoms with van der Waals surface area (Å²) in [7, 11) is 1.62. The summed E-state index contributed by atoms with van der Waals surface area (Å²) in [5, 5.41) is 8.58. The Morgan fingerprint density at radius 1 is 1.70 bits per heavy atom. The molecule has 1 saturated heterocycles. The fraction of sp³-hybridized carbons (Fsp3) is 0.800. The molecular weight excluding hydrogens is 136 g/mol. The van der Waals surface area contributed by atoms with Crippen molar-refractivity contribution in [1.82, 2.24) is 9.80 Å². The fourth-order valence-electron chi connectivity index (χ4n) is 0.741. The molecule has 1 aliphatic heterocycles. The lowest BCUT2D eigenvalue weighted by Gasteiger charge is -2.31. The van der Waals surface area contributed by atoms with Crippen LogP contribution in [0, 0.1) is 0 Å². The molecule has 1 rings (SSSR count). The molecule has 1 aliphatic rings. The number of rotatable bonds is 1. The van der Waals surface area contributed by atoms with Crippen molar-refractivity contribution in [1.29, 1.82) is 0 Å². The van der Waals surface area contributed by atoms with E-state index in [1.54, 1.807) is 7.05 Å². The molecule has 0 aromatic carbocycles. The fourth-order valence-corrected chi connectivity index (χ4v) is 0.741. The molecule has 0 atom stereocenters. The minimum Gasteiger partial charge on any atom is -0.376 e. The minimum atomic E-state index is -0.289. The largest absolute Gasteiger partial charge is 0.376 e. The van der Waals surface area contributed by atoms with Gasteiger partial charge in [0.2, 0.25) is 0 Å². The van der Waals surface area contributed by atoms with Gasteiger partial charge in [-0.05, 0) is 0 Å². The Morgan fingerprint density at radius 2 is 2.40 bits per heavy atom. The molecular formula is C5H10N2O3. The van der Waals surface area contributed by atoms with Crippen LogP contribution in [-0.2, 0) is 4.74 Å². The second-order valence-electron chi connectivity index (χ2n) is 2.12. The molecule has 0 radical (unpaired) electrons. The van der Waals surface area contributed by atoms with E-state index in [1.165, 1.54) is 9.80 Å². The number of nitrogens with zero attached hydrogens (tertiary/aromatic N) is 2. The van der Waals surface area contributed by atoms with E-state index in [-0.39, 0.29) is 19.5 Å². The number of urea groups is 1. The molecule has 0 spiro atoms. The van der Waals surface area contributed by atoms with Crippen LogP contribution in [-0.4, -0.2) is 48.2 Å². The number of hydrogen-bond donors (Lipinski definition) is 1. The van der Waals surface area contributed by atoms with Gasteiger partial charge in [-0.15, -0.1) is 0 Å². The molecule has 1 heterocycles. The smallest absolute Gasteiger partial charge is 0.325 e. The maximum atomic E-state index is 11.0. The highest BCUT2D eigenvalue weighted by atomic mass is 16.5. The molecule has 0 aliphatic carbocycles. The van der Waals surface area contributed by atoms with Crippen molar-refractivity contribution >= 4 is 6.03 Å². The Morgan fingerprint density at radius 3 is 2.90 bits per heavy atom. The third kappa shape index (κ3) is 1.19. The molecule has 10 heavy (non-hydrogen) atoms. The predicted octanol–water partition coefficient (Wildman–Crippen LogP) is -0.765. The second-order valence-corrected chi connectivity index (χ2v) is 2.12. The Balaban J connectivity index is 2.51. The lowest BCUT2D eigenvalue weighted by Crippen LogP contribution is -2.48.